The Balaban J connectivity index is 2.10. The number of ether oxygens (including phenoxy) is 1. The van der Waals surface area contributed by atoms with Gasteiger partial charge in [-0.05, 0) is 23.8 Å². The molecule has 2 rings (SSSR count). The number of hydrogen-bond acceptors (Lipinski definition) is 4. The Hall–Kier alpha value is -1.99. The first-order valence-corrected chi connectivity index (χ1v) is 5.62. The number of allylic oxidation sites excluding steroid dienone is 1. The van der Waals surface area contributed by atoms with Crippen molar-refractivity contribution in [3.63, 3.8) is 0 Å². The van der Waals surface area contributed by atoms with Crippen molar-refractivity contribution in [2.75, 3.05) is 7.11 Å². The lowest BCUT2D eigenvalue weighted by atomic mass is 10.1. The highest BCUT2D eigenvalue weighted by Crippen LogP contribution is 2.35. The molecule has 0 radical (unpaired) electrons. The molecule has 0 aliphatic carbocycles. The van der Waals surface area contributed by atoms with Crippen LogP contribution in [0.4, 0.5) is 13.2 Å². The van der Waals surface area contributed by atoms with Crippen LogP contribution in [0.25, 0.3) is 6.08 Å². The number of halogens is 3. The van der Waals surface area contributed by atoms with Crippen LogP contribution in [0.2, 0.25) is 0 Å². The largest absolute Gasteiger partial charge is 0.497 e. The predicted molar refractivity (Wildman–Crippen MR) is 65.3 cm³/mol. The van der Waals surface area contributed by atoms with E-state index in [-0.39, 0.29) is 5.70 Å². The van der Waals surface area contributed by atoms with Gasteiger partial charge in [0.15, 0.2) is 0 Å². The number of benzene rings is 1. The van der Waals surface area contributed by atoms with Crippen molar-refractivity contribution < 1.29 is 27.9 Å². The van der Waals surface area contributed by atoms with Gasteiger partial charge in [0.1, 0.15) is 5.75 Å². The second kappa shape index (κ2) is 5.18. The normalized spacial score (nSPS) is 22.8. The zero-order valence-electron chi connectivity index (χ0n) is 10.4. The molecule has 0 unspecified atom stereocenters. The van der Waals surface area contributed by atoms with Crippen LogP contribution in [0.3, 0.4) is 0 Å². The first kappa shape index (κ1) is 14.4. The molecule has 0 spiro atoms. The minimum Gasteiger partial charge on any atom is -0.497 e. The molecule has 1 aliphatic rings. The van der Waals surface area contributed by atoms with Crippen molar-refractivity contribution in [3.8, 4) is 5.75 Å². The van der Waals surface area contributed by atoms with Crippen molar-refractivity contribution in [2.45, 2.75) is 12.0 Å². The van der Waals surface area contributed by atoms with E-state index >= 15 is 0 Å². The number of hydroxylamine groups is 1. The van der Waals surface area contributed by atoms with E-state index in [9.17, 15) is 18.3 Å². The summed E-state index contributed by atoms with van der Waals surface area (Å²) in [7, 11) is 1.54. The zero-order chi connectivity index (χ0) is 14.8. The van der Waals surface area contributed by atoms with Crippen LogP contribution in [-0.4, -0.2) is 24.2 Å². The molecule has 0 aromatic heterocycles. The van der Waals surface area contributed by atoms with Crippen LogP contribution >= 0.6 is 0 Å². The lowest BCUT2D eigenvalue weighted by molar-refractivity contribution is -0.346. The summed E-state index contributed by atoms with van der Waals surface area (Å²) in [6.07, 6.45) is -1.40. The Labute approximate surface area is 113 Å². The van der Waals surface area contributed by atoms with Gasteiger partial charge in [0.2, 0.25) is 0 Å². The van der Waals surface area contributed by atoms with E-state index in [0.717, 1.165) is 5.56 Å². The molecule has 1 aliphatic heterocycles. The highest BCUT2D eigenvalue weighted by Gasteiger charge is 2.57. The van der Waals surface area contributed by atoms with E-state index in [4.69, 9.17) is 4.74 Å². The van der Waals surface area contributed by atoms with Crippen molar-refractivity contribution >= 4 is 6.08 Å². The highest BCUT2D eigenvalue weighted by atomic mass is 19.4. The minimum absolute atomic E-state index is 0.0145. The molecular weight excluding hydrogens is 275 g/mol. The third kappa shape index (κ3) is 2.94. The Morgan fingerprint density at radius 3 is 2.40 bits per heavy atom. The molecule has 0 saturated carbocycles. The molecule has 7 heteroatoms. The molecule has 1 aromatic carbocycles. The average molecular weight is 287 g/mol. The molecule has 108 valence electrons. The average Bonchev–Trinajstić information content (AvgIpc) is 2.80. The van der Waals surface area contributed by atoms with E-state index in [1.165, 1.54) is 13.2 Å². The van der Waals surface area contributed by atoms with Crippen LogP contribution in [0.1, 0.15) is 5.56 Å². The highest BCUT2D eigenvalue weighted by molar-refractivity contribution is 5.54. The van der Waals surface area contributed by atoms with Gasteiger partial charge in [-0.25, -0.2) is 4.84 Å². The molecular formula is C13H12F3NO3. The van der Waals surface area contributed by atoms with Crippen molar-refractivity contribution in [1.29, 1.82) is 0 Å². The van der Waals surface area contributed by atoms with Gasteiger partial charge in [-0.2, -0.15) is 13.2 Å². The topological polar surface area (TPSA) is 50.7 Å². The number of alkyl halides is 3. The van der Waals surface area contributed by atoms with Gasteiger partial charge >= 0.3 is 12.0 Å². The van der Waals surface area contributed by atoms with E-state index < -0.39 is 12.0 Å². The summed E-state index contributed by atoms with van der Waals surface area (Å²) < 4.78 is 42.4. The number of hydrogen-bond donors (Lipinski definition) is 2. The Morgan fingerprint density at radius 1 is 1.25 bits per heavy atom. The second-order valence-corrected chi connectivity index (χ2v) is 4.10. The Kier molecular flexibility index (Phi) is 3.74. The summed E-state index contributed by atoms with van der Waals surface area (Å²) in [5.74, 6) is -2.62. The number of nitrogens with one attached hydrogen (secondary N) is 1. The Morgan fingerprint density at radius 2 is 1.90 bits per heavy atom. The first-order chi connectivity index (χ1) is 9.34. The fraction of sp³-hybridized carbons (Fsp3) is 0.231. The fourth-order valence-electron chi connectivity index (χ4n) is 1.53. The summed E-state index contributed by atoms with van der Waals surface area (Å²) in [6.45, 7) is 0. The number of rotatable bonds is 3. The smallest absolute Gasteiger partial charge is 0.449 e. The molecule has 0 saturated heterocycles. The fourth-order valence-corrected chi connectivity index (χ4v) is 1.53. The second-order valence-electron chi connectivity index (χ2n) is 4.10. The molecule has 0 amide bonds. The maximum absolute atomic E-state index is 12.5. The summed E-state index contributed by atoms with van der Waals surface area (Å²) in [5, 5.41) is 9.23. The van der Waals surface area contributed by atoms with E-state index in [1.54, 1.807) is 30.3 Å². The first-order valence-electron chi connectivity index (χ1n) is 5.62. The third-order valence-electron chi connectivity index (χ3n) is 2.65. The van der Waals surface area contributed by atoms with Crippen LogP contribution < -0.4 is 10.2 Å². The van der Waals surface area contributed by atoms with Gasteiger partial charge in [-0.15, -0.1) is 0 Å². The van der Waals surface area contributed by atoms with E-state index in [2.05, 4.69) is 4.84 Å². The molecule has 0 bridgehead atoms. The van der Waals surface area contributed by atoms with Gasteiger partial charge in [0, 0.05) is 6.08 Å². The van der Waals surface area contributed by atoms with Gasteiger partial charge in [0.05, 0.1) is 12.8 Å². The summed E-state index contributed by atoms with van der Waals surface area (Å²) >= 11 is 0. The maximum atomic E-state index is 12.5. The van der Waals surface area contributed by atoms with Crippen LogP contribution in [0.5, 0.6) is 5.75 Å². The van der Waals surface area contributed by atoms with Crippen LogP contribution in [-0.2, 0) is 4.84 Å². The Bertz CT molecular complexity index is 537. The summed E-state index contributed by atoms with van der Waals surface area (Å²) in [5.41, 5.74) is 2.80. The van der Waals surface area contributed by atoms with E-state index in [1.807, 2.05) is 5.48 Å². The number of methoxy groups -OCH3 is 1. The molecule has 1 aromatic rings. The standard InChI is InChI=1S/C13H12F3NO3/c1-19-11-6-3-9(4-7-11)2-5-10-8-12(18,20-17-10)13(14,15)16/h2-8,17-18H,1H3/t12-/m0/s1. The predicted octanol–water partition coefficient (Wildman–Crippen LogP) is 2.38. The van der Waals surface area contributed by atoms with Crippen LogP contribution in [0.15, 0.2) is 42.1 Å². The van der Waals surface area contributed by atoms with Gasteiger partial charge in [-0.3, -0.25) is 5.48 Å². The maximum Gasteiger partial charge on any atom is 0.449 e. The SMILES string of the molecule is COc1ccc(C=CC2=C[C@@](O)(C(F)(F)F)ON2)cc1. The van der Waals surface area contributed by atoms with Crippen molar-refractivity contribution in [3.05, 3.63) is 47.7 Å². The molecule has 2 N–H and O–H groups in total. The summed E-state index contributed by atoms with van der Waals surface area (Å²) in [6, 6.07) is 6.92. The third-order valence-corrected chi connectivity index (χ3v) is 2.65. The lowest BCUT2D eigenvalue weighted by Crippen LogP contribution is -2.45. The van der Waals surface area contributed by atoms with Gasteiger partial charge < -0.3 is 9.84 Å². The zero-order valence-corrected chi connectivity index (χ0v) is 10.4. The molecule has 0 fully saturated rings. The van der Waals surface area contributed by atoms with Crippen LogP contribution in [0, 0.1) is 0 Å². The molecule has 1 heterocycles. The lowest BCUT2D eigenvalue weighted by Gasteiger charge is -2.21. The van der Waals surface area contributed by atoms with Gasteiger partial charge in [0.25, 0.3) is 0 Å². The monoisotopic (exact) mass is 287 g/mol. The molecule has 1 atom stereocenters. The molecule has 4 nitrogen and oxygen atoms in total. The van der Waals surface area contributed by atoms with E-state index in [0.29, 0.717) is 11.8 Å². The quantitative estimate of drug-likeness (QED) is 0.896. The van der Waals surface area contributed by atoms with Crippen molar-refractivity contribution in [1.82, 2.24) is 5.48 Å². The number of aliphatic hydroxyl groups is 1. The van der Waals surface area contributed by atoms with Gasteiger partial charge in [-0.1, -0.05) is 18.2 Å². The minimum atomic E-state index is -4.91. The van der Waals surface area contributed by atoms with Crippen molar-refractivity contribution in [2.24, 2.45) is 0 Å². The molecule has 20 heavy (non-hydrogen) atoms. The summed E-state index contributed by atoms with van der Waals surface area (Å²) in [4.78, 5) is 4.16.